The zero-order valence-electron chi connectivity index (χ0n) is 9.08. The smallest absolute Gasteiger partial charge is 0.0640 e. The molecule has 0 fully saturated rings. The first-order chi connectivity index (χ1) is 8.25. The second kappa shape index (κ2) is 4.25. The molecule has 0 aromatic heterocycles. The summed E-state index contributed by atoms with van der Waals surface area (Å²) < 4.78 is 0. The van der Waals surface area contributed by atoms with E-state index in [9.17, 15) is 0 Å². The molecule has 0 spiro atoms. The van der Waals surface area contributed by atoms with E-state index < -0.39 is 0 Å². The fourth-order valence-corrected chi connectivity index (χ4v) is 2.81. The van der Waals surface area contributed by atoms with Crippen LogP contribution in [-0.4, -0.2) is 0 Å². The van der Waals surface area contributed by atoms with E-state index in [2.05, 4.69) is 17.4 Å². The van der Waals surface area contributed by atoms with Crippen molar-refractivity contribution in [1.29, 1.82) is 0 Å². The normalized spacial score (nSPS) is 17.6. The topological polar surface area (TPSA) is 12.0 Å². The van der Waals surface area contributed by atoms with Crippen LogP contribution in [0.15, 0.2) is 42.5 Å². The van der Waals surface area contributed by atoms with Crippen molar-refractivity contribution in [2.45, 2.75) is 12.5 Å². The summed E-state index contributed by atoms with van der Waals surface area (Å²) in [5.74, 6) is 0. The zero-order valence-corrected chi connectivity index (χ0v) is 10.6. The fraction of sp³-hybridized carbons (Fsp3) is 0.143. The van der Waals surface area contributed by atoms with Gasteiger partial charge in [-0.05, 0) is 29.7 Å². The molecule has 3 rings (SSSR count). The average molecular weight is 264 g/mol. The summed E-state index contributed by atoms with van der Waals surface area (Å²) >= 11 is 12.4. The summed E-state index contributed by atoms with van der Waals surface area (Å²) in [6.07, 6.45) is 0.930. The highest BCUT2D eigenvalue weighted by Crippen LogP contribution is 2.40. The van der Waals surface area contributed by atoms with Gasteiger partial charge >= 0.3 is 0 Å². The van der Waals surface area contributed by atoms with E-state index in [1.165, 1.54) is 5.56 Å². The Bertz CT molecular complexity index is 566. The molecule has 3 heteroatoms. The van der Waals surface area contributed by atoms with E-state index in [1.54, 1.807) is 0 Å². The quantitative estimate of drug-likeness (QED) is 0.787. The van der Waals surface area contributed by atoms with Crippen molar-refractivity contribution in [2.24, 2.45) is 0 Å². The molecule has 17 heavy (non-hydrogen) atoms. The molecule has 0 saturated heterocycles. The molecule has 0 radical (unpaired) electrons. The van der Waals surface area contributed by atoms with Crippen LogP contribution in [0, 0.1) is 0 Å². The second-order valence-electron chi connectivity index (χ2n) is 4.20. The number of benzene rings is 2. The Kier molecular flexibility index (Phi) is 2.73. The Labute approximate surface area is 110 Å². The van der Waals surface area contributed by atoms with E-state index in [-0.39, 0.29) is 6.04 Å². The van der Waals surface area contributed by atoms with E-state index in [1.807, 2.05) is 30.3 Å². The van der Waals surface area contributed by atoms with E-state index in [4.69, 9.17) is 23.2 Å². The molecule has 86 valence electrons. The highest BCUT2D eigenvalue weighted by Gasteiger charge is 2.24. The van der Waals surface area contributed by atoms with Crippen LogP contribution in [0.2, 0.25) is 10.0 Å². The molecule has 0 saturated carbocycles. The van der Waals surface area contributed by atoms with Crippen LogP contribution in [0.3, 0.4) is 0 Å². The molecule has 1 aliphatic heterocycles. The number of para-hydroxylation sites is 1. The predicted octanol–water partition coefficient (Wildman–Crippen LogP) is 4.70. The first-order valence-electron chi connectivity index (χ1n) is 5.54. The number of hydrogen-bond acceptors (Lipinski definition) is 1. The lowest BCUT2D eigenvalue weighted by Crippen LogP contribution is -2.06. The van der Waals surface area contributed by atoms with Gasteiger partial charge in [-0.15, -0.1) is 0 Å². The average Bonchev–Trinajstić information content (AvgIpc) is 2.75. The molecular weight excluding hydrogens is 253 g/mol. The monoisotopic (exact) mass is 263 g/mol. The predicted molar refractivity (Wildman–Crippen MR) is 73.0 cm³/mol. The summed E-state index contributed by atoms with van der Waals surface area (Å²) in [5.41, 5.74) is 3.42. The first-order valence-corrected chi connectivity index (χ1v) is 6.29. The number of fused-ring (bicyclic) bond motifs is 1. The zero-order chi connectivity index (χ0) is 11.8. The highest BCUT2D eigenvalue weighted by atomic mass is 35.5. The van der Waals surface area contributed by atoms with Gasteiger partial charge in [0.1, 0.15) is 0 Å². The minimum absolute atomic E-state index is 0.221. The van der Waals surface area contributed by atoms with Crippen molar-refractivity contribution in [3.05, 3.63) is 63.6 Å². The lowest BCUT2D eigenvalue weighted by atomic mass is 10.0. The molecule has 2 aromatic carbocycles. The van der Waals surface area contributed by atoms with Crippen LogP contribution in [-0.2, 0) is 6.42 Å². The SMILES string of the molecule is Clc1ccccc1C1Cc2cccc(Cl)c2N1. The molecule has 0 aliphatic carbocycles. The largest absolute Gasteiger partial charge is 0.376 e. The first kappa shape index (κ1) is 10.9. The molecule has 0 amide bonds. The number of nitrogens with one attached hydrogen (secondary N) is 1. The molecule has 0 bridgehead atoms. The van der Waals surface area contributed by atoms with Gasteiger partial charge in [0.2, 0.25) is 0 Å². The minimum atomic E-state index is 0.221. The van der Waals surface area contributed by atoms with Gasteiger partial charge in [-0.25, -0.2) is 0 Å². The van der Waals surface area contributed by atoms with Gasteiger partial charge in [0, 0.05) is 5.02 Å². The third-order valence-electron chi connectivity index (χ3n) is 3.12. The van der Waals surface area contributed by atoms with Crippen molar-refractivity contribution < 1.29 is 0 Å². The van der Waals surface area contributed by atoms with Crippen LogP contribution in [0.5, 0.6) is 0 Å². The fourth-order valence-electron chi connectivity index (χ4n) is 2.29. The van der Waals surface area contributed by atoms with Crippen LogP contribution in [0.1, 0.15) is 17.2 Å². The van der Waals surface area contributed by atoms with Gasteiger partial charge in [-0.2, -0.15) is 0 Å². The summed E-state index contributed by atoms with van der Waals surface area (Å²) in [6, 6.07) is 14.1. The van der Waals surface area contributed by atoms with Gasteiger partial charge in [-0.1, -0.05) is 53.5 Å². The number of rotatable bonds is 1. The van der Waals surface area contributed by atoms with Gasteiger partial charge in [0.05, 0.1) is 16.8 Å². The van der Waals surface area contributed by atoms with E-state index in [0.29, 0.717) is 0 Å². The molecule has 1 unspecified atom stereocenters. The van der Waals surface area contributed by atoms with Gasteiger partial charge in [0.25, 0.3) is 0 Å². The Balaban J connectivity index is 1.97. The Morgan fingerprint density at radius 2 is 1.71 bits per heavy atom. The van der Waals surface area contributed by atoms with Gasteiger partial charge in [0.15, 0.2) is 0 Å². The van der Waals surface area contributed by atoms with Crippen LogP contribution < -0.4 is 5.32 Å². The highest BCUT2D eigenvalue weighted by molar-refractivity contribution is 6.33. The maximum absolute atomic E-state index is 6.21. The van der Waals surface area contributed by atoms with Crippen LogP contribution >= 0.6 is 23.2 Å². The van der Waals surface area contributed by atoms with Crippen LogP contribution in [0.25, 0.3) is 0 Å². The van der Waals surface area contributed by atoms with Crippen molar-refractivity contribution in [2.75, 3.05) is 5.32 Å². The van der Waals surface area contributed by atoms with Gasteiger partial charge in [-0.3, -0.25) is 0 Å². The maximum atomic E-state index is 6.21. The standard InChI is InChI=1S/C14H11Cl2N/c15-11-6-2-1-5-10(11)13-8-9-4-3-7-12(16)14(9)17-13/h1-7,13,17H,8H2. The lowest BCUT2D eigenvalue weighted by molar-refractivity contribution is 0.824. The Morgan fingerprint density at radius 1 is 0.941 bits per heavy atom. The molecule has 2 aromatic rings. The van der Waals surface area contributed by atoms with E-state index in [0.717, 1.165) is 27.7 Å². The molecule has 1 N–H and O–H groups in total. The Morgan fingerprint density at radius 3 is 2.47 bits per heavy atom. The number of halogens is 2. The molecular formula is C14H11Cl2N. The number of hydrogen-bond donors (Lipinski definition) is 1. The van der Waals surface area contributed by atoms with Gasteiger partial charge < -0.3 is 5.32 Å². The second-order valence-corrected chi connectivity index (χ2v) is 5.01. The van der Waals surface area contributed by atoms with Crippen molar-refractivity contribution in [3.63, 3.8) is 0 Å². The van der Waals surface area contributed by atoms with Crippen molar-refractivity contribution in [3.8, 4) is 0 Å². The molecule has 1 aliphatic rings. The van der Waals surface area contributed by atoms with Crippen molar-refractivity contribution >= 4 is 28.9 Å². The summed E-state index contributed by atoms with van der Waals surface area (Å²) in [7, 11) is 0. The van der Waals surface area contributed by atoms with Crippen molar-refractivity contribution in [1.82, 2.24) is 0 Å². The molecule has 1 atom stereocenters. The minimum Gasteiger partial charge on any atom is -0.376 e. The molecule has 1 nitrogen and oxygen atoms in total. The number of anilines is 1. The molecule has 1 heterocycles. The third kappa shape index (κ3) is 1.90. The lowest BCUT2D eigenvalue weighted by Gasteiger charge is -2.13. The maximum Gasteiger partial charge on any atom is 0.0640 e. The summed E-state index contributed by atoms with van der Waals surface area (Å²) in [4.78, 5) is 0. The van der Waals surface area contributed by atoms with Crippen LogP contribution in [0.4, 0.5) is 5.69 Å². The third-order valence-corrected chi connectivity index (χ3v) is 3.78. The summed E-state index contributed by atoms with van der Waals surface area (Å²) in [5, 5.41) is 5.02. The summed E-state index contributed by atoms with van der Waals surface area (Å²) in [6.45, 7) is 0. The Hall–Kier alpha value is -1.18. The van der Waals surface area contributed by atoms with E-state index >= 15 is 0 Å².